The number of hydrogen-bond acceptors (Lipinski definition) is 6. The highest BCUT2D eigenvalue weighted by atomic mass is 79.9. The van der Waals surface area contributed by atoms with E-state index in [0.29, 0.717) is 11.3 Å². The summed E-state index contributed by atoms with van der Waals surface area (Å²) in [5, 5.41) is 10.5. The highest BCUT2D eigenvalue weighted by Crippen LogP contribution is 2.35. The largest absolute Gasteiger partial charge is 0.385 e. The molecule has 0 aliphatic rings. The molecule has 21 heavy (non-hydrogen) atoms. The number of halogens is 2. The third-order valence-corrected chi connectivity index (χ3v) is 5.80. The molecule has 112 valence electrons. The molecule has 11 heteroatoms. The Morgan fingerprint density at radius 1 is 1.38 bits per heavy atom. The first-order valence-electron chi connectivity index (χ1n) is 5.22. The number of benzene rings is 1. The second kappa shape index (κ2) is 5.58. The highest BCUT2D eigenvalue weighted by Gasteiger charge is 2.25. The van der Waals surface area contributed by atoms with Gasteiger partial charge in [-0.1, -0.05) is 11.3 Å². The van der Waals surface area contributed by atoms with E-state index < -0.39 is 26.5 Å². The van der Waals surface area contributed by atoms with Crippen molar-refractivity contribution in [3.8, 4) is 0 Å². The van der Waals surface area contributed by atoms with Crippen LogP contribution in [0.3, 0.4) is 0 Å². The molecule has 2 rings (SSSR count). The van der Waals surface area contributed by atoms with Gasteiger partial charge in [-0.2, -0.15) is 0 Å². The summed E-state index contributed by atoms with van der Waals surface area (Å²) < 4.78 is 39.3. The van der Waals surface area contributed by atoms with Crippen LogP contribution in [0.2, 0.25) is 0 Å². The molecular formula is C10H7BrFN3O4S2. The van der Waals surface area contributed by atoms with Crippen molar-refractivity contribution in [1.29, 1.82) is 0 Å². The number of nitro groups is 1. The summed E-state index contributed by atoms with van der Waals surface area (Å²) in [6, 6.07) is 4.26. The van der Waals surface area contributed by atoms with Gasteiger partial charge in [-0.05, 0) is 34.1 Å². The van der Waals surface area contributed by atoms with Crippen molar-refractivity contribution in [2.75, 3.05) is 10.5 Å². The van der Waals surface area contributed by atoms with Crippen LogP contribution in [-0.4, -0.2) is 13.3 Å². The molecule has 2 aromatic rings. The number of sulfonamides is 1. The first-order chi connectivity index (χ1) is 9.70. The molecule has 1 aromatic heterocycles. The number of nitrogens with one attached hydrogen (secondary N) is 1. The summed E-state index contributed by atoms with van der Waals surface area (Å²) in [6.45, 7) is 0. The summed E-state index contributed by atoms with van der Waals surface area (Å²) >= 11 is 3.59. The summed E-state index contributed by atoms with van der Waals surface area (Å²) in [5.74, 6) is -0.541. The lowest BCUT2D eigenvalue weighted by molar-refractivity contribution is -0.383. The van der Waals surface area contributed by atoms with Crippen molar-refractivity contribution in [2.24, 2.45) is 0 Å². The van der Waals surface area contributed by atoms with Gasteiger partial charge in [0, 0.05) is 10.5 Å². The molecule has 0 amide bonds. The molecule has 0 saturated heterocycles. The Labute approximate surface area is 130 Å². The van der Waals surface area contributed by atoms with Crippen molar-refractivity contribution in [1.82, 2.24) is 0 Å². The Kier molecular flexibility index (Phi) is 4.16. The molecule has 7 nitrogen and oxygen atoms in total. The standard InChI is InChI=1S/C10H7BrFN3O4S2/c11-6-3-5(12)1-2-7(6)14-21(18,19)9-4-8(15(16)17)10(13)20-9/h1-4,14H,13H2. The number of nitrogens with zero attached hydrogens (tertiary/aromatic N) is 1. The average Bonchev–Trinajstić information content (AvgIpc) is 2.76. The van der Waals surface area contributed by atoms with Crippen LogP contribution < -0.4 is 10.5 Å². The summed E-state index contributed by atoms with van der Waals surface area (Å²) in [7, 11) is -4.05. The van der Waals surface area contributed by atoms with Crippen molar-refractivity contribution in [3.05, 3.63) is 44.7 Å². The SMILES string of the molecule is Nc1sc(S(=O)(=O)Nc2ccc(F)cc2Br)cc1[N+](=O)[O-]. The van der Waals surface area contributed by atoms with Gasteiger partial charge in [-0.15, -0.1) is 0 Å². The van der Waals surface area contributed by atoms with Crippen LogP contribution in [0.1, 0.15) is 0 Å². The minimum Gasteiger partial charge on any atom is -0.385 e. The van der Waals surface area contributed by atoms with Gasteiger partial charge < -0.3 is 5.73 Å². The Bertz CT molecular complexity index is 822. The third kappa shape index (κ3) is 3.31. The number of nitrogens with two attached hydrogens (primary N) is 1. The molecule has 0 fully saturated rings. The monoisotopic (exact) mass is 395 g/mol. The number of rotatable bonds is 4. The second-order valence-corrected chi connectivity index (χ2v) is 7.65. The Morgan fingerprint density at radius 3 is 2.57 bits per heavy atom. The lowest BCUT2D eigenvalue weighted by atomic mass is 10.3. The first kappa shape index (κ1) is 15.7. The number of anilines is 2. The molecule has 0 atom stereocenters. The van der Waals surface area contributed by atoms with Crippen molar-refractivity contribution < 1.29 is 17.7 Å². The van der Waals surface area contributed by atoms with E-state index in [4.69, 9.17) is 5.73 Å². The predicted octanol–water partition coefficient (Wildman–Crippen LogP) is 2.94. The molecule has 0 aliphatic heterocycles. The van der Waals surface area contributed by atoms with Crippen LogP contribution in [0, 0.1) is 15.9 Å². The van der Waals surface area contributed by atoms with E-state index in [9.17, 15) is 22.9 Å². The number of hydrogen-bond donors (Lipinski definition) is 2. The van der Waals surface area contributed by atoms with E-state index in [2.05, 4.69) is 20.7 Å². The topological polar surface area (TPSA) is 115 Å². The summed E-state index contributed by atoms with van der Waals surface area (Å²) in [6.07, 6.45) is 0. The lowest BCUT2D eigenvalue weighted by Gasteiger charge is -2.07. The number of thiophene rings is 1. The lowest BCUT2D eigenvalue weighted by Crippen LogP contribution is -2.12. The normalized spacial score (nSPS) is 11.3. The second-order valence-electron chi connectivity index (χ2n) is 3.80. The Morgan fingerprint density at radius 2 is 2.05 bits per heavy atom. The fourth-order valence-corrected chi connectivity index (χ4v) is 4.29. The van der Waals surface area contributed by atoms with E-state index in [1.54, 1.807) is 0 Å². The van der Waals surface area contributed by atoms with E-state index in [1.165, 1.54) is 6.07 Å². The fourth-order valence-electron chi connectivity index (χ4n) is 1.42. The van der Waals surface area contributed by atoms with Crippen LogP contribution in [0.4, 0.5) is 20.8 Å². The zero-order chi connectivity index (χ0) is 15.8. The molecule has 0 spiro atoms. The van der Waals surface area contributed by atoms with Gasteiger partial charge in [0.05, 0.1) is 10.6 Å². The van der Waals surface area contributed by atoms with E-state index in [0.717, 1.165) is 18.2 Å². The molecular weight excluding hydrogens is 389 g/mol. The molecule has 1 heterocycles. The molecule has 0 bridgehead atoms. The van der Waals surface area contributed by atoms with Crippen molar-refractivity contribution in [2.45, 2.75) is 4.21 Å². The molecule has 0 aliphatic carbocycles. The van der Waals surface area contributed by atoms with Crippen molar-refractivity contribution in [3.63, 3.8) is 0 Å². The van der Waals surface area contributed by atoms with Gasteiger partial charge in [0.15, 0.2) is 5.00 Å². The molecule has 0 saturated carbocycles. The van der Waals surface area contributed by atoms with Gasteiger partial charge in [-0.3, -0.25) is 14.8 Å². The maximum Gasteiger partial charge on any atom is 0.304 e. The smallest absolute Gasteiger partial charge is 0.304 e. The van der Waals surface area contributed by atoms with Crippen LogP contribution in [-0.2, 0) is 10.0 Å². The quantitative estimate of drug-likeness (QED) is 0.609. The van der Waals surface area contributed by atoms with Crippen LogP contribution >= 0.6 is 27.3 Å². The molecule has 0 radical (unpaired) electrons. The van der Waals surface area contributed by atoms with E-state index in [1.807, 2.05) is 0 Å². The minimum absolute atomic E-state index is 0.103. The fraction of sp³-hybridized carbons (Fsp3) is 0. The summed E-state index contributed by atoms with van der Waals surface area (Å²) in [5.41, 5.74) is 5.04. The van der Waals surface area contributed by atoms with E-state index in [-0.39, 0.29) is 19.4 Å². The first-order valence-corrected chi connectivity index (χ1v) is 8.31. The number of nitrogen functional groups attached to an aromatic ring is 1. The minimum atomic E-state index is -4.05. The maximum absolute atomic E-state index is 13.0. The van der Waals surface area contributed by atoms with Crippen LogP contribution in [0.15, 0.2) is 32.9 Å². The third-order valence-electron chi connectivity index (χ3n) is 2.35. The van der Waals surface area contributed by atoms with Crippen LogP contribution in [0.5, 0.6) is 0 Å². The zero-order valence-electron chi connectivity index (χ0n) is 10.0. The van der Waals surface area contributed by atoms with Gasteiger partial charge in [0.25, 0.3) is 10.0 Å². The summed E-state index contributed by atoms with van der Waals surface area (Å²) in [4.78, 5) is 9.91. The Hall–Kier alpha value is -1.72. The molecule has 3 N–H and O–H groups in total. The average molecular weight is 396 g/mol. The van der Waals surface area contributed by atoms with Crippen LogP contribution in [0.25, 0.3) is 0 Å². The van der Waals surface area contributed by atoms with Crippen molar-refractivity contribution >= 4 is 53.7 Å². The van der Waals surface area contributed by atoms with E-state index >= 15 is 0 Å². The molecule has 1 aromatic carbocycles. The maximum atomic E-state index is 13.0. The highest BCUT2D eigenvalue weighted by molar-refractivity contribution is 9.10. The van der Waals surface area contributed by atoms with Gasteiger partial charge in [-0.25, -0.2) is 12.8 Å². The molecule has 0 unspecified atom stereocenters. The zero-order valence-corrected chi connectivity index (χ0v) is 13.3. The Balaban J connectivity index is 2.38. The van der Waals surface area contributed by atoms with Gasteiger partial charge >= 0.3 is 5.69 Å². The predicted molar refractivity (Wildman–Crippen MR) is 80.3 cm³/mol. The van der Waals surface area contributed by atoms with Gasteiger partial charge in [0.1, 0.15) is 10.0 Å². The van der Waals surface area contributed by atoms with Gasteiger partial charge in [0.2, 0.25) is 0 Å².